The van der Waals surface area contributed by atoms with Crippen molar-refractivity contribution in [2.45, 2.75) is 25.0 Å². The van der Waals surface area contributed by atoms with Gasteiger partial charge >= 0.3 is 11.9 Å². The third kappa shape index (κ3) is 12.4. The third-order valence-electron chi connectivity index (χ3n) is 7.61. The summed E-state index contributed by atoms with van der Waals surface area (Å²) in [4.78, 5) is 49.1. The van der Waals surface area contributed by atoms with Gasteiger partial charge in [-0.05, 0) is 80.1 Å². The highest BCUT2D eigenvalue weighted by molar-refractivity contribution is 6.06. The van der Waals surface area contributed by atoms with Crippen LogP contribution in [0.15, 0.2) is 72.8 Å². The lowest BCUT2D eigenvalue weighted by Gasteiger charge is -2.27. The summed E-state index contributed by atoms with van der Waals surface area (Å²) >= 11 is 0. The summed E-state index contributed by atoms with van der Waals surface area (Å²) in [5.41, 5.74) is 1.61. The van der Waals surface area contributed by atoms with Crippen molar-refractivity contribution in [3.63, 3.8) is 0 Å². The molecule has 1 aliphatic rings. The van der Waals surface area contributed by atoms with Crippen molar-refractivity contribution in [3.8, 4) is 11.5 Å². The molecule has 2 aromatic carbocycles. The smallest absolute Gasteiger partial charge is 0.332 e. The van der Waals surface area contributed by atoms with Crippen LogP contribution in [0.3, 0.4) is 0 Å². The molecule has 2 aromatic rings. The first-order valence-corrected chi connectivity index (χ1v) is 16.4. The van der Waals surface area contributed by atoms with Gasteiger partial charge in [-0.15, -0.1) is 0 Å². The molecule has 1 heterocycles. The van der Waals surface area contributed by atoms with Crippen molar-refractivity contribution >= 4 is 30.2 Å². The minimum atomic E-state index is -1.85. The Balaban J connectivity index is 1.14. The number of esters is 2. The number of benzene rings is 2. The van der Waals surface area contributed by atoms with Crippen molar-refractivity contribution in [2.75, 3.05) is 79.2 Å². The first kappa shape index (κ1) is 41.5. The molecule has 0 radical (unpaired) electrons. The van der Waals surface area contributed by atoms with E-state index in [9.17, 15) is 29.4 Å². The first-order valence-electron chi connectivity index (χ1n) is 16.4. The summed E-state index contributed by atoms with van der Waals surface area (Å²) in [6.45, 7) is 14.4. The van der Waals surface area contributed by atoms with Crippen LogP contribution in [-0.2, 0) is 33.3 Å². The maximum absolute atomic E-state index is 12.8. The lowest BCUT2D eigenvalue weighted by Crippen LogP contribution is -2.42. The molecule has 15 heteroatoms. The summed E-state index contributed by atoms with van der Waals surface area (Å²) in [5.74, 6) is -1.23. The van der Waals surface area contributed by atoms with Crippen LogP contribution in [0.25, 0.3) is 5.43 Å². The van der Waals surface area contributed by atoms with Gasteiger partial charge < -0.3 is 48.8 Å². The number of rotatable bonds is 24. The van der Waals surface area contributed by atoms with E-state index in [2.05, 4.69) is 25.3 Å². The molecule has 52 heavy (non-hydrogen) atoms. The van der Waals surface area contributed by atoms with Gasteiger partial charge in [0.25, 0.3) is 0 Å². The Kier molecular flexibility index (Phi) is 16.1. The number of nitrogens with zero attached hydrogens (tertiary/aromatic N) is 2. The van der Waals surface area contributed by atoms with Gasteiger partial charge in [-0.3, -0.25) is 14.3 Å². The van der Waals surface area contributed by atoms with E-state index >= 15 is 0 Å². The number of hydrogen-bond acceptors (Lipinski definition) is 13. The molecule has 0 bridgehead atoms. The fourth-order valence-electron chi connectivity index (χ4n) is 4.76. The number of hydrogen-bond donors (Lipinski definition) is 2. The molecule has 0 aromatic heterocycles. The molecular weight excluding hydrogens is 680 g/mol. The molecule has 0 amide bonds. The van der Waals surface area contributed by atoms with E-state index in [1.165, 1.54) is 28.9 Å². The third-order valence-corrected chi connectivity index (χ3v) is 7.61. The number of carbonyl (C=O) groups excluding carboxylic acids is 4. The van der Waals surface area contributed by atoms with Gasteiger partial charge in [-0.2, -0.15) is 0 Å². The molecule has 0 aliphatic carbocycles. The summed E-state index contributed by atoms with van der Waals surface area (Å²) in [6, 6.07) is 12.4. The average molecular weight is 727 g/mol. The predicted octanol–water partition coefficient (Wildman–Crippen LogP) is 2.28. The minimum absolute atomic E-state index is 0.0106. The Morgan fingerprint density at radius 2 is 1.17 bits per heavy atom. The van der Waals surface area contributed by atoms with Crippen molar-refractivity contribution in [1.29, 1.82) is 0 Å². The second kappa shape index (κ2) is 20.2. The van der Waals surface area contributed by atoms with Crippen LogP contribution in [-0.4, -0.2) is 135 Å². The molecule has 1 saturated heterocycles. The van der Waals surface area contributed by atoms with Gasteiger partial charge in [0.2, 0.25) is 5.78 Å². The van der Waals surface area contributed by atoms with Gasteiger partial charge in [0.15, 0.2) is 23.5 Å². The highest BCUT2D eigenvalue weighted by Gasteiger charge is 2.41. The lowest BCUT2D eigenvalue weighted by molar-refractivity contribution is -0.459. The second-order valence-electron chi connectivity index (χ2n) is 11.8. The number of β-amino-alcohol motifs (C(OH)–C–C–N with tert-alkyl or cyclic N) is 1. The highest BCUT2D eigenvalue weighted by atomic mass is 16.6. The average Bonchev–Trinajstić information content (AvgIpc) is 3.49. The normalized spacial score (nSPS) is 15.3. The quantitative estimate of drug-likeness (QED) is 0.0527. The van der Waals surface area contributed by atoms with E-state index in [0.29, 0.717) is 17.1 Å². The second-order valence-corrected chi connectivity index (χ2v) is 11.8. The fourth-order valence-corrected chi connectivity index (χ4v) is 4.76. The van der Waals surface area contributed by atoms with Crippen LogP contribution in [0.4, 0.5) is 0 Å². The number of Topliss-reactive ketones (excluding diaryl/α,β-unsaturated/α-hetero) is 2. The zero-order valence-electron chi connectivity index (χ0n) is 29.5. The molecule has 1 atom stereocenters. The minimum Gasteiger partial charge on any atom is -0.490 e. The maximum Gasteiger partial charge on any atom is 0.332 e. The van der Waals surface area contributed by atoms with Crippen LogP contribution in [0.1, 0.15) is 34.6 Å². The molecule has 0 spiro atoms. The topological polar surface area (TPSA) is 190 Å². The number of carbonyl (C=O) groups is 4. The van der Waals surface area contributed by atoms with Crippen LogP contribution >= 0.6 is 0 Å². The van der Waals surface area contributed by atoms with Gasteiger partial charge in [-0.25, -0.2) is 9.59 Å². The molecule has 3 rings (SSSR count). The van der Waals surface area contributed by atoms with Gasteiger partial charge in [-0.1, -0.05) is 13.2 Å². The molecule has 282 valence electrons. The Morgan fingerprint density at radius 1 is 0.731 bits per heavy atom. The molecule has 15 nitrogen and oxygen atoms in total. The molecule has 1 fully saturated rings. The van der Waals surface area contributed by atoms with E-state index in [1.807, 2.05) is 0 Å². The Morgan fingerprint density at radius 3 is 1.60 bits per heavy atom. The van der Waals surface area contributed by atoms with Crippen molar-refractivity contribution in [3.05, 3.63) is 89.4 Å². The van der Waals surface area contributed by atoms with E-state index in [0.717, 1.165) is 0 Å². The van der Waals surface area contributed by atoms with Gasteiger partial charge in [0, 0.05) is 11.1 Å². The first-order chi connectivity index (χ1) is 24.8. The standard InChI is InChI=1S/C37H46N2O13/c1-26(2)37(45,27(3)4)35(43)29-8-12-31(13-9-29)50-19-21-52-33(41)23-48-17-15-46-14-16-47-22-32(40)51-20-18-49-30-10-6-28(7-11-30)34(42)36(44)24-38-39(5)25-36/h6-13,44-45H,1,3,5,14-25H2,2,4H3. The summed E-state index contributed by atoms with van der Waals surface area (Å²) < 4.78 is 38.2. The zero-order chi connectivity index (χ0) is 38.1. The maximum atomic E-state index is 12.8. The SMILES string of the molecule is C=C(C)C(O)(C(=C)C)C(=O)c1ccc(OCCOC(=O)COCCOCCOCC(=O)OCCOc2ccc(C(=O)C3(O)C[N-][N+](=C)C3)cc2)cc1. The van der Waals surface area contributed by atoms with Crippen LogP contribution in [0, 0.1) is 0 Å². The largest absolute Gasteiger partial charge is 0.490 e. The van der Waals surface area contributed by atoms with Gasteiger partial charge in [0.05, 0.1) is 26.4 Å². The van der Waals surface area contributed by atoms with Crippen molar-refractivity contribution < 1.29 is 67.2 Å². The lowest BCUT2D eigenvalue weighted by atomic mass is 9.82. The Bertz CT molecular complexity index is 1560. The number of ether oxygens (including phenoxy) is 7. The zero-order valence-corrected chi connectivity index (χ0v) is 29.5. The molecular formula is C37H46N2O13. The molecule has 1 unspecified atom stereocenters. The molecule has 0 saturated carbocycles. The van der Waals surface area contributed by atoms with Crippen LogP contribution < -0.4 is 9.47 Å². The van der Waals surface area contributed by atoms with Gasteiger partial charge in [0.1, 0.15) is 57.9 Å². The number of ketones is 2. The summed E-state index contributed by atoms with van der Waals surface area (Å²) in [5, 5.41) is 21.2. The van der Waals surface area contributed by atoms with Crippen molar-refractivity contribution in [1.82, 2.24) is 0 Å². The molecule has 1 aliphatic heterocycles. The number of aliphatic hydroxyl groups is 2. The van der Waals surface area contributed by atoms with Crippen LogP contribution in [0.2, 0.25) is 0 Å². The fraction of sp³-hybridized carbons (Fsp3) is 0.432. The molecule has 2 N–H and O–H groups in total. The summed E-state index contributed by atoms with van der Waals surface area (Å²) in [6.07, 6.45) is 0. The monoisotopic (exact) mass is 726 g/mol. The van der Waals surface area contributed by atoms with Crippen LogP contribution in [0.5, 0.6) is 11.5 Å². The highest BCUT2D eigenvalue weighted by Crippen LogP contribution is 2.28. The van der Waals surface area contributed by atoms with E-state index < -0.39 is 34.7 Å². The Labute approximate surface area is 302 Å². The summed E-state index contributed by atoms with van der Waals surface area (Å²) in [7, 11) is 0. The van der Waals surface area contributed by atoms with E-state index in [4.69, 9.17) is 33.2 Å². The Hall–Kier alpha value is -4.93. The van der Waals surface area contributed by atoms with E-state index in [1.54, 1.807) is 38.1 Å². The van der Waals surface area contributed by atoms with Crippen molar-refractivity contribution in [2.24, 2.45) is 0 Å². The van der Waals surface area contributed by atoms with E-state index in [-0.39, 0.29) is 95.9 Å². The predicted molar refractivity (Wildman–Crippen MR) is 187 cm³/mol.